The van der Waals surface area contributed by atoms with Crippen LogP contribution in [0, 0.1) is 19.8 Å². The Kier molecular flexibility index (Phi) is 4.51. The molecule has 2 aliphatic rings. The number of carbonyl (C=O) groups is 2. The second-order valence-corrected chi connectivity index (χ2v) is 7.29. The Morgan fingerprint density at radius 2 is 1.78 bits per heavy atom. The second-order valence-electron chi connectivity index (χ2n) is 7.29. The molecule has 0 unspecified atom stereocenters. The van der Waals surface area contributed by atoms with Gasteiger partial charge in [0.1, 0.15) is 6.33 Å². The van der Waals surface area contributed by atoms with Gasteiger partial charge in [0.2, 0.25) is 5.91 Å². The molecule has 2 aromatic rings. The van der Waals surface area contributed by atoms with Crippen molar-refractivity contribution in [3.63, 3.8) is 0 Å². The molecule has 1 aromatic heterocycles. The molecule has 2 amide bonds. The van der Waals surface area contributed by atoms with Crippen LogP contribution in [0.4, 0.5) is 0 Å². The van der Waals surface area contributed by atoms with E-state index >= 15 is 0 Å². The summed E-state index contributed by atoms with van der Waals surface area (Å²) in [6.45, 7) is 5.27. The topological polar surface area (TPSA) is 71.3 Å². The van der Waals surface area contributed by atoms with E-state index in [0.29, 0.717) is 18.9 Å². The van der Waals surface area contributed by atoms with Crippen molar-refractivity contribution >= 4 is 18.0 Å². The van der Waals surface area contributed by atoms with Crippen LogP contribution in [0.5, 0.6) is 0 Å². The fourth-order valence-electron chi connectivity index (χ4n) is 3.42. The molecule has 7 nitrogen and oxygen atoms in total. The molecule has 27 heavy (non-hydrogen) atoms. The Balaban J connectivity index is 1.46. The fourth-order valence-corrected chi connectivity index (χ4v) is 3.42. The summed E-state index contributed by atoms with van der Waals surface area (Å²) >= 11 is 0. The maximum atomic E-state index is 12.5. The lowest BCUT2D eigenvalue weighted by Crippen LogP contribution is -2.44. The molecule has 1 aromatic carbocycles. The molecule has 2 heterocycles. The molecule has 0 radical (unpaired) electrons. The fraction of sp³-hybridized carbons (Fsp3) is 0.400. The summed E-state index contributed by atoms with van der Waals surface area (Å²) in [5.41, 5.74) is 3.26. The lowest BCUT2D eigenvalue weighted by Gasteiger charge is -2.26. The van der Waals surface area contributed by atoms with Crippen LogP contribution in [-0.2, 0) is 9.59 Å². The molecule has 1 saturated carbocycles. The first-order valence-electron chi connectivity index (χ1n) is 9.32. The van der Waals surface area contributed by atoms with E-state index in [2.05, 4.69) is 16.1 Å². The summed E-state index contributed by atoms with van der Waals surface area (Å²) < 4.78 is 1.52. The van der Waals surface area contributed by atoms with E-state index in [4.69, 9.17) is 0 Å². The third kappa shape index (κ3) is 3.77. The lowest BCUT2D eigenvalue weighted by atomic mass is 10.1. The smallest absolute Gasteiger partial charge is 0.266 e. The molecular formula is C20H23N5O2. The van der Waals surface area contributed by atoms with Gasteiger partial charge in [-0.1, -0.05) is 17.2 Å². The molecule has 1 aliphatic carbocycles. The Labute approximate surface area is 158 Å². The van der Waals surface area contributed by atoms with E-state index in [0.717, 1.165) is 36.0 Å². The first kappa shape index (κ1) is 17.5. The molecule has 1 aliphatic heterocycles. The molecule has 4 rings (SSSR count). The highest BCUT2D eigenvalue weighted by molar-refractivity contribution is 5.92. The molecule has 1 saturated heterocycles. The van der Waals surface area contributed by atoms with Gasteiger partial charge in [-0.3, -0.25) is 14.6 Å². The van der Waals surface area contributed by atoms with Crippen molar-refractivity contribution in [3.05, 3.63) is 41.7 Å². The normalized spacial score (nSPS) is 17.1. The summed E-state index contributed by atoms with van der Waals surface area (Å²) in [4.78, 5) is 29.1. The summed E-state index contributed by atoms with van der Waals surface area (Å²) in [5.74, 6) is 0.598. The van der Waals surface area contributed by atoms with Crippen LogP contribution in [0.3, 0.4) is 0 Å². The molecule has 7 heteroatoms. The summed E-state index contributed by atoms with van der Waals surface area (Å²) in [6.07, 6.45) is 7.30. The van der Waals surface area contributed by atoms with Gasteiger partial charge in [-0.2, -0.15) is 0 Å². The summed E-state index contributed by atoms with van der Waals surface area (Å²) in [5, 5.41) is 7.57. The predicted molar refractivity (Wildman–Crippen MR) is 101 cm³/mol. The Morgan fingerprint density at radius 3 is 2.48 bits per heavy atom. The number of amides is 2. The van der Waals surface area contributed by atoms with Crippen LogP contribution in [0.15, 0.2) is 30.6 Å². The van der Waals surface area contributed by atoms with Crippen molar-refractivity contribution in [2.45, 2.75) is 33.1 Å². The quantitative estimate of drug-likeness (QED) is 0.780. The second kappa shape index (κ2) is 6.98. The zero-order chi connectivity index (χ0) is 19.0. The standard InChI is InChI=1S/C20H23N5O2/c1-14-10-15(2)12-17(11-14)19-21-13-23(22-19)9-6-18(26)24-7-3-8-25(24)20(27)16-4-5-16/h6,9-13,16H,3-5,7-8H2,1-2H3/b9-6-. The van der Waals surface area contributed by atoms with E-state index in [1.54, 1.807) is 22.5 Å². The molecule has 0 atom stereocenters. The van der Waals surface area contributed by atoms with E-state index in [9.17, 15) is 9.59 Å². The van der Waals surface area contributed by atoms with Crippen LogP contribution in [0.25, 0.3) is 17.6 Å². The van der Waals surface area contributed by atoms with Crippen LogP contribution >= 0.6 is 0 Å². The Hall–Kier alpha value is -2.96. The van der Waals surface area contributed by atoms with Gasteiger partial charge in [0, 0.05) is 36.8 Å². The van der Waals surface area contributed by atoms with Crippen LogP contribution in [-0.4, -0.2) is 49.7 Å². The van der Waals surface area contributed by atoms with Gasteiger partial charge in [0.25, 0.3) is 5.91 Å². The van der Waals surface area contributed by atoms with Crippen molar-refractivity contribution < 1.29 is 9.59 Å². The molecular weight excluding hydrogens is 342 g/mol. The first-order valence-corrected chi connectivity index (χ1v) is 9.32. The van der Waals surface area contributed by atoms with Crippen LogP contribution < -0.4 is 0 Å². The Bertz CT molecular complexity index is 893. The molecule has 0 N–H and O–H groups in total. The number of hydrogen-bond acceptors (Lipinski definition) is 4. The highest BCUT2D eigenvalue weighted by atomic mass is 16.2. The highest BCUT2D eigenvalue weighted by Gasteiger charge is 2.38. The third-order valence-corrected chi connectivity index (χ3v) is 4.82. The van der Waals surface area contributed by atoms with E-state index in [1.807, 2.05) is 26.0 Å². The maximum absolute atomic E-state index is 12.5. The zero-order valence-corrected chi connectivity index (χ0v) is 15.6. The van der Waals surface area contributed by atoms with Gasteiger partial charge in [-0.05, 0) is 45.2 Å². The summed E-state index contributed by atoms with van der Waals surface area (Å²) in [6, 6.07) is 6.17. The van der Waals surface area contributed by atoms with E-state index in [1.165, 1.54) is 10.8 Å². The molecule has 2 fully saturated rings. The number of aryl methyl sites for hydroxylation is 2. The van der Waals surface area contributed by atoms with Gasteiger partial charge in [0.05, 0.1) is 0 Å². The molecule has 0 spiro atoms. The number of hydrazine groups is 1. The minimum absolute atomic E-state index is 0.0760. The monoisotopic (exact) mass is 365 g/mol. The number of benzene rings is 1. The number of hydrogen-bond donors (Lipinski definition) is 0. The zero-order valence-electron chi connectivity index (χ0n) is 15.6. The maximum Gasteiger partial charge on any atom is 0.266 e. The van der Waals surface area contributed by atoms with Gasteiger partial charge in [0.15, 0.2) is 5.82 Å². The molecule has 0 bridgehead atoms. The van der Waals surface area contributed by atoms with Crippen molar-refractivity contribution in [2.24, 2.45) is 5.92 Å². The van der Waals surface area contributed by atoms with E-state index < -0.39 is 0 Å². The minimum Gasteiger partial charge on any atom is -0.273 e. The van der Waals surface area contributed by atoms with E-state index in [-0.39, 0.29) is 17.7 Å². The number of rotatable bonds is 4. The van der Waals surface area contributed by atoms with Gasteiger partial charge in [-0.25, -0.2) is 14.7 Å². The first-order chi connectivity index (χ1) is 13.0. The van der Waals surface area contributed by atoms with Crippen LogP contribution in [0.1, 0.15) is 30.4 Å². The average molecular weight is 365 g/mol. The van der Waals surface area contributed by atoms with Crippen molar-refractivity contribution in [2.75, 3.05) is 13.1 Å². The van der Waals surface area contributed by atoms with Crippen molar-refractivity contribution in [3.8, 4) is 11.4 Å². The van der Waals surface area contributed by atoms with Crippen LogP contribution in [0.2, 0.25) is 0 Å². The molecule has 140 valence electrons. The SMILES string of the molecule is Cc1cc(C)cc(-c2ncn(/C=C\C(=O)N3CCCN3C(=O)C3CC3)n2)c1. The average Bonchev–Trinajstić information content (AvgIpc) is 3.18. The van der Waals surface area contributed by atoms with Crippen molar-refractivity contribution in [1.29, 1.82) is 0 Å². The third-order valence-electron chi connectivity index (χ3n) is 4.82. The van der Waals surface area contributed by atoms with Gasteiger partial charge in [-0.15, -0.1) is 5.10 Å². The number of aromatic nitrogens is 3. The lowest BCUT2D eigenvalue weighted by molar-refractivity contribution is -0.155. The highest BCUT2D eigenvalue weighted by Crippen LogP contribution is 2.32. The Morgan fingerprint density at radius 1 is 1.07 bits per heavy atom. The summed E-state index contributed by atoms with van der Waals surface area (Å²) in [7, 11) is 0. The largest absolute Gasteiger partial charge is 0.273 e. The predicted octanol–water partition coefficient (Wildman–Crippen LogP) is 2.42. The minimum atomic E-state index is -0.204. The number of carbonyl (C=O) groups excluding carboxylic acids is 2. The number of nitrogens with zero attached hydrogens (tertiary/aromatic N) is 5. The van der Waals surface area contributed by atoms with Gasteiger partial charge < -0.3 is 0 Å². The van der Waals surface area contributed by atoms with Crippen molar-refractivity contribution in [1.82, 2.24) is 24.8 Å². The van der Waals surface area contributed by atoms with Gasteiger partial charge >= 0.3 is 0 Å².